The van der Waals surface area contributed by atoms with Crippen molar-refractivity contribution < 1.29 is 0 Å². The molecule has 3 rings (SSSR count). The number of hydrogen-bond donors (Lipinski definition) is 2. The van der Waals surface area contributed by atoms with Crippen molar-refractivity contribution in [2.45, 2.75) is 33.0 Å². The molecule has 0 unspecified atom stereocenters. The average Bonchev–Trinajstić information content (AvgIpc) is 3.34. The third kappa shape index (κ3) is 5.70. The minimum absolute atomic E-state index is 0.732. The molecule has 2 N–H and O–H groups in total. The van der Waals surface area contributed by atoms with Gasteiger partial charge in [-0.1, -0.05) is 24.3 Å². The Balaban J connectivity index is 1.45. The minimum atomic E-state index is 0.732. The molecule has 7 nitrogen and oxygen atoms in total. The van der Waals surface area contributed by atoms with Crippen molar-refractivity contribution in [1.29, 1.82) is 0 Å². The number of benzene rings is 1. The second-order valence-corrected chi connectivity index (χ2v) is 6.40. The van der Waals surface area contributed by atoms with Gasteiger partial charge in [-0.25, -0.2) is 4.98 Å². The molecule has 27 heavy (non-hydrogen) atoms. The van der Waals surface area contributed by atoms with Gasteiger partial charge in [0.15, 0.2) is 5.96 Å². The zero-order valence-electron chi connectivity index (χ0n) is 16.0. The molecule has 0 radical (unpaired) electrons. The van der Waals surface area contributed by atoms with Gasteiger partial charge >= 0.3 is 0 Å². The summed E-state index contributed by atoms with van der Waals surface area (Å²) in [6.07, 6.45) is 8.61. The Hall–Kier alpha value is -3.09. The molecule has 0 aliphatic rings. The Bertz CT molecular complexity index is 849. The molecule has 0 saturated heterocycles. The van der Waals surface area contributed by atoms with Crippen molar-refractivity contribution in [3.8, 4) is 0 Å². The predicted molar refractivity (Wildman–Crippen MR) is 108 cm³/mol. The summed E-state index contributed by atoms with van der Waals surface area (Å²) in [5.74, 6) is 1.84. The number of nitrogens with one attached hydrogen (secondary N) is 2. The number of hydrogen-bond acceptors (Lipinski definition) is 3. The van der Waals surface area contributed by atoms with E-state index in [4.69, 9.17) is 0 Å². The van der Waals surface area contributed by atoms with Crippen molar-refractivity contribution >= 4 is 5.96 Å². The smallest absolute Gasteiger partial charge is 0.191 e. The van der Waals surface area contributed by atoms with Gasteiger partial charge < -0.3 is 15.2 Å². The molecule has 0 aliphatic heterocycles. The van der Waals surface area contributed by atoms with Crippen molar-refractivity contribution in [2.24, 2.45) is 4.99 Å². The van der Waals surface area contributed by atoms with Crippen LogP contribution >= 0.6 is 0 Å². The van der Waals surface area contributed by atoms with Crippen LogP contribution in [0.4, 0.5) is 0 Å². The lowest BCUT2D eigenvalue weighted by Crippen LogP contribution is -2.37. The van der Waals surface area contributed by atoms with Gasteiger partial charge in [0.05, 0.1) is 0 Å². The lowest BCUT2D eigenvalue weighted by molar-refractivity contribution is 0.570. The third-order valence-electron chi connectivity index (χ3n) is 4.37. The number of aryl methyl sites for hydroxylation is 2. The summed E-state index contributed by atoms with van der Waals surface area (Å²) in [6, 6.07) is 10.5. The van der Waals surface area contributed by atoms with E-state index in [0.717, 1.165) is 44.4 Å². The normalized spacial score (nSPS) is 11.6. The number of guanidine groups is 1. The maximum absolute atomic E-state index is 4.29. The fraction of sp³-hybridized carbons (Fsp3) is 0.350. The second-order valence-electron chi connectivity index (χ2n) is 6.40. The summed E-state index contributed by atoms with van der Waals surface area (Å²) in [4.78, 5) is 8.57. The summed E-state index contributed by atoms with van der Waals surface area (Å²) >= 11 is 0. The fourth-order valence-electron chi connectivity index (χ4n) is 2.89. The first-order chi connectivity index (χ1) is 13.2. The van der Waals surface area contributed by atoms with E-state index in [2.05, 4.69) is 54.5 Å². The van der Waals surface area contributed by atoms with E-state index in [0.29, 0.717) is 0 Å². The highest BCUT2D eigenvalue weighted by Gasteiger charge is 2.02. The van der Waals surface area contributed by atoms with E-state index >= 15 is 0 Å². The molecule has 7 heteroatoms. The first-order valence-electron chi connectivity index (χ1n) is 9.22. The maximum atomic E-state index is 4.29. The van der Waals surface area contributed by atoms with Gasteiger partial charge in [0.1, 0.15) is 5.82 Å². The highest BCUT2D eigenvalue weighted by molar-refractivity contribution is 5.79. The van der Waals surface area contributed by atoms with Crippen LogP contribution in [0, 0.1) is 6.92 Å². The SMILES string of the molecule is CN=C(NCCCn1cccn1)NCc1cccc(Cn2ccnc2C)c1. The zero-order chi connectivity index (χ0) is 18.9. The molecular weight excluding hydrogens is 338 g/mol. The number of imidazole rings is 1. The van der Waals surface area contributed by atoms with Crippen LogP contribution < -0.4 is 10.6 Å². The molecule has 0 aliphatic carbocycles. The van der Waals surface area contributed by atoms with E-state index in [1.807, 2.05) is 36.3 Å². The summed E-state index contributed by atoms with van der Waals surface area (Å²) in [5.41, 5.74) is 2.49. The molecule has 0 saturated carbocycles. The maximum Gasteiger partial charge on any atom is 0.191 e. The molecule has 3 aromatic rings. The predicted octanol–water partition coefficient (Wildman–Crippen LogP) is 2.19. The Morgan fingerprint density at radius 3 is 2.74 bits per heavy atom. The quantitative estimate of drug-likeness (QED) is 0.365. The average molecular weight is 365 g/mol. The largest absolute Gasteiger partial charge is 0.356 e. The molecule has 0 bridgehead atoms. The minimum Gasteiger partial charge on any atom is -0.356 e. The molecule has 0 amide bonds. The van der Waals surface area contributed by atoms with E-state index in [1.165, 1.54) is 11.1 Å². The fourth-order valence-corrected chi connectivity index (χ4v) is 2.89. The van der Waals surface area contributed by atoms with Gasteiger partial charge in [-0.3, -0.25) is 9.67 Å². The molecule has 1 aromatic carbocycles. The number of nitrogens with zero attached hydrogens (tertiary/aromatic N) is 5. The highest BCUT2D eigenvalue weighted by Crippen LogP contribution is 2.08. The zero-order valence-corrected chi connectivity index (χ0v) is 16.0. The lowest BCUT2D eigenvalue weighted by atomic mass is 10.1. The van der Waals surface area contributed by atoms with E-state index in [1.54, 1.807) is 13.2 Å². The summed E-state index contributed by atoms with van der Waals surface area (Å²) in [6.45, 7) is 5.33. The molecule has 2 heterocycles. The Morgan fingerprint density at radius 1 is 1.11 bits per heavy atom. The van der Waals surface area contributed by atoms with Crippen LogP contribution in [-0.2, 0) is 19.6 Å². The van der Waals surface area contributed by atoms with E-state index < -0.39 is 0 Å². The Kier molecular flexibility index (Phi) is 6.62. The van der Waals surface area contributed by atoms with Crippen LogP contribution in [0.1, 0.15) is 23.4 Å². The van der Waals surface area contributed by atoms with Crippen molar-refractivity contribution in [1.82, 2.24) is 30.0 Å². The standard InChI is InChI=1S/C20H27N7/c1-17-22-10-13-26(17)16-19-7-3-6-18(14-19)15-24-20(21-2)23-8-4-11-27-12-5-9-25-27/h3,5-7,9-10,12-14H,4,8,11,15-16H2,1-2H3,(H2,21,23,24). The van der Waals surface area contributed by atoms with Gasteiger partial charge in [-0.05, 0) is 30.5 Å². The Morgan fingerprint density at radius 2 is 2.00 bits per heavy atom. The number of aromatic nitrogens is 4. The highest BCUT2D eigenvalue weighted by atomic mass is 15.3. The van der Waals surface area contributed by atoms with Crippen molar-refractivity contribution in [3.63, 3.8) is 0 Å². The van der Waals surface area contributed by atoms with Crippen LogP contribution in [0.3, 0.4) is 0 Å². The van der Waals surface area contributed by atoms with Crippen LogP contribution in [0.25, 0.3) is 0 Å². The van der Waals surface area contributed by atoms with Gasteiger partial charge in [-0.2, -0.15) is 5.10 Å². The van der Waals surface area contributed by atoms with Gasteiger partial charge in [0.25, 0.3) is 0 Å². The van der Waals surface area contributed by atoms with Crippen molar-refractivity contribution in [2.75, 3.05) is 13.6 Å². The summed E-state index contributed by atoms with van der Waals surface area (Å²) in [5, 5.41) is 10.9. The second kappa shape index (κ2) is 9.56. The van der Waals surface area contributed by atoms with Gasteiger partial charge in [0, 0.05) is 58.0 Å². The molecular formula is C20H27N7. The lowest BCUT2D eigenvalue weighted by Gasteiger charge is -2.13. The first kappa shape index (κ1) is 18.7. The Labute approximate surface area is 160 Å². The molecule has 0 spiro atoms. The van der Waals surface area contributed by atoms with Crippen LogP contribution in [0.5, 0.6) is 0 Å². The summed E-state index contributed by atoms with van der Waals surface area (Å²) in [7, 11) is 1.79. The molecule has 0 fully saturated rings. The van der Waals surface area contributed by atoms with E-state index in [-0.39, 0.29) is 0 Å². The molecule has 0 atom stereocenters. The summed E-state index contributed by atoms with van der Waals surface area (Å²) < 4.78 is 4.08. The molecule has 142 valence electrons. The van der Waals surface area contributed by atoms with Crippen LogP contribution in [-0.4, -0.2) is 38.9 Å². The van der Waals surface area contributed by atoms with Crippen LogP contribution in [0.15, 0.2) is 60.1 Å². The third-order valence-corrected chi connectivity index (χ3v) is 4.37. The number of aliphatic imine (C=N–C) groups is 1. The van der Waals surface area contributed by atoms with Crippen LogP contribution in [0.2, 0.25) is 0 Å². The van der Waals surface area contributed by atoms with Gasteiger partial charge in [-0.15, -0.1) is 0 Å². The molecule has 2 aromatic heterocycles. The monoisotopic (exact) mass is 365 g/mol. The first-order valence-corrected chi connectivity index (χ1v) is 9.22. The number of rotatable bonds is 8. The van der Waals surface area contributed by atoms with Crippen molar-refractivity contribution in [3.05, 3.63) is 72.1 Å². The van der Waals surface area contributed by atoms with E-state index in [9.17, 15) is 0 Å². The van der Waals surface area contributed by atoms with Gasteiger partial charge in [0.2, 0.25) is 0 Å². The topological polar surface area (TPSA) is 72.1 Å².